The highest BCUT2D eigenvalue weighted by molar-refractivity contribution is 7.17. The van der Waals surface area contributed by atoms with Crippen LogP contribution in [0.15, 0.2) is 12.3 Å². The first-order valence-electron chi connectivity index (χ1n) is 12.2. The number of pyridine rings is 1. The molecule has 2 fully saturated rings. The first kappa shape index (κ1) is 24.6. The van der Waals surface area contributed by atoms with E-state index in [0.717, 1.165) is 36.2 Å². The minimum Gasteiger partial charge on any atom is -0.389 e. The van der Waals surface area contributed by atoms with E-state index in [1.165, 1.54) is 30.6 Å². The molecular formula is C25H35N5O3S. The first-order chi connectivity index (χ1) is 16.1. The topological polar surface area (TPSA) is 107 Å². The van der Waals surface area contributed by atoms with Gasteiger partial charge in [0.2, 0.25) is 0 Å². The third kappa shape index (κ3) is 5.58. The molecule has 1 saturated heterocycles. The lowest BCUT2D eigenvalue weighted by Crippen LogP contribution is -2.49. The van der Waals surface area contributed by atoms with Crippen LogP contribution in [0.5, 0.6) is 0 Å². The minimum absolute atomic E-state index is 0.0926. The number of amides is 2. The second-order valence-corrected chi connectivity index (χ2v) is 11.2. The molecule has 1 atom stereocenters. The number of thiazole rings is 1. The van der Waals surface area contributed by atoms with Crippen molar-refractivity contribution in [1.29, 1.82) is 0 Å². The van der Waals surface area contributed by atoms with Crippen molar-refractivity contribution in [2.24, 2.45) is 0 Å². The third-order valence-electron chi connectivity index (χ3n) is 6.60. The van der Waals surface area contributed by atoms with Gasteiger partial charge < -0.3 is 20.6 Å². The van der Waals surface area contributed by atoms with Crippen LogP contribution in [0.4, 0.5) is 5.82 Å². The Morgan fingerprint density at radius 1 is 1.24 bits per heavy atom. The zero-order valence-electron chi connectivity index (χ0n) is 20.5. The van der Waals surface area contributed by atoms with E-state index in [2.05, 4.69) is 20.6 Å². The quantitative estimate of drug-likeness (QED) is 0.547. The number of anilines is 1. The summed E-state index contributed by atoms with van der Waals surface area (Å²) >= 11 is 1.20. The number of carbonyl (C=O) groups is 2. The highest BCUT2D eigenvalue weighted by atomic mass is 32.1. The van der Waals surface area contributed by atoms with Crippen molar-refractivity contribution in [3.8, 4) is 10.4 Å². The van der Waals surface area contributed by atoms with Crippen LogP contribution < -0.4 is 10.6 Å². The highest BCUT2D eigenvalue weighted by Crippen LogP contribution is 2.35. The van der Waals surface area contributed by atoms with Gasteiger partial charge in [0.15, 0.2) is 5.01 Å². The number of rotatable bonds is 7. The fourth-order valence-electron chi connectivity index (χ4n) is 4.40. The number of carbonyl (C=O) groups excluding carboxylic acids is 2. The SMILES string of the molecule is Cc1cc(NC2CCCCC2)ncc1-c1sc(C(=O)NCC(C)(C)O)nc1C(=O)N1CC[C@@H]1C. The molecule has 3 heterocycles. The van der Waals surface area contributed by atoms with Crippen LogP contribution in [0.25, 0.3) is 10.4 Å². The largest absolute Gasteiger partial charge is 0.389 e. The number of aryl methyl sites for hydroxylation is 1. The summed E-state index contributed by atoms with van der Waals surface area (Å²) in [6.07, 6.45) is 8.85. The van der Waals surface area contributed by atoms with Crippen molar-refractivity contribution >= 4 is 29.0 Å². The molecule has 184 valence electrons. The second-order valence-electron chi connectivity index (χ2n) is 10.2. The molecule has 1 aliphatic carbocycles. The number of nitrogens with zero attached hydrogens (tertiary/aromatic N) is 3. The van der Waals surface area contributed by atoms with Crippen LogP contribution in [0, 0.1) is 6.92 Å². The Morgan fingerprint density at radius 3 is 2.56 bits per heavy atom. The lowest BCUT2D eigenvalue weighted by Gasteiger charge is -2.38. The zero-order chi connectivity index (χ0) is 24.5. The Bertz CT molecular complexity index is 1060. The average Bonchev–Trinajstić information content (AvgIpc) is 3.22. The van der Waals surface area contributed by atoms with E-state index in [9.17, 15) is 14.7 Å². The molecule has 1 aliphatic heterocycles. The number of hydrogen-bond donors (Lipinski definition) is 3. The molecule has 34 heavy (non-hydrogen) atoms. The number of aliphatic hydroxyl groups is 1. The van der Waals surface area contributed by atoms with E-state index in [4.69, 9.17) is 0 Å². The predicted octanol–water partition coefficient (Wildman–Crippen LogP) is 3.99. The third-order valence-corrected chi connectivity index (χ3v) is 7.69. The lowest BCUT2D eigenvalue weighted by atomic mass is 9.95. The van der Waals surface area contributed by atoms with E-state index in [-0.39, 0.29) is 23.5 Å². The van der Waals surface area contributed by atoms with Crippen molar-refractivity contribution in [3.05, 3.63) is 28.5 Å². The zero-order valence-corrected chi connectivity index (χ0v) is 21.3. The van der Waals surface area contributed by atoms with Gasteiger partial charge in [-0.1, -0.05) is 19.3 Å². The molecule has 0 unspecified atom stereocenters. The standard InChI is InChI=1S/C25H35N5O3S/c1-15-12-19(28-17-8-6-5-7-9-17)26-13-18(15)21-20(24(32)30-11-10-16(30)2)29-23(34-21)22(31)27-14-25(3,4)33/h12-13,16-17,33H,5-11,14H2,1-4H3,(H,26,28)(H,27,31)/t16-/m0/s1. The normalized spacial score (nSPS) is 19.0. The summed E-state index contributed by atoms with van der Waals surface area (Å²) in [6, 6.07) is 2.62. The fraction of sp³-hybridized carbons (Fsp3) is 0.600. The van der Waals surface area contributed by atoms with Gasteiger partial charge in [0.1, 0.15) is 11.5 Å². The minimum atomic E-state index is -1.04. The van der Waals surface area contributed by atoms with E-state index < -0.39 is 11.5 Å². The van der Waals surface area contributed by atoms with Gasteiger partial charge in [0.05, 0.1) is 10.5 Å². The van der Waals surface area contributed by atoms with Gasteiger partial charge in [0.25, 0.3) is 11.8 Å². The molecular weight excluding hydrogens is 450 g/mol. The van der Waals surface area contributed by atoms with Gasteiger partial charge in [-0.2, -0.15) is 0 Å². The number of hydrogen-bond acceptors (Lipinski definition) is 7. The molecule has 2 aromatic rings. The fourth-order valence-corrected chi connectivity index (χ4v) is 5.45. The van der Waals surface area contributed by atoms with Crippen LogP contribution in [0.3, 0.4) is 0 Å². The summed E-state index contributed by atoms with van der Waals surface area (Å²) in [4.78, 5) is 37.6. The van der Waals surface area contributed by atoms with Crippen LogP contribution >= 0.6 is 11.3 Å². The average molecular weight is 486 g/mol. The van der Waals surface area contributed by atoms with Gasteiger partial charge in [-0.3, -0.25) is 9.59 Å². The van der Waals surface area contributed by atoms with Crippen molar-refractivity contribution in [2.75, 3.05) is 18.4 Å². The van der Waals surface area contributed by atoms with Gasteiger partial charge in [0, 0.05) is 36.9 Å². The molecule has 8 nitrogen and oxygen atoms in total. The van der Waals surface area contributed by atoms with Crippen LogP contribution in [-0.2, 0) is 0 Å². The van der Waals surface area contributed by atoms with Crippen LogP contribution in [0.2, 0.25) is 0 Å². The van der Waals surface area contributed by atoms with Gasteiger partial charge >= 0.3 is 0 Å². The van der Waals surface area contributed by atoms with Crippen molar-refractivity contribution in [2.45, 2.75) is 83.9 Å². The van der Waals surface area contributed by atoms with Crippen molar-refractivity contribution < 1.29 is 14.7 Å². The summed E-state index contributed by atoms with van der Waals surface area (Å²) in [6.45, 7) is 8.05. The summed E-state index contributed by atoms with van der Waals surface area (Å²) < 4.78 is 0. The Kier molecular flexibility index (Phi) is 7.23. The van der Waals surface area contributed by atoms with E-state index in [1.807, 2.05) is 19.9 Å². The number of nitrogens with one attached hydrogen (secondary N) is 2. The van der Waals surface area contributed by atoms with E-state index in [0.29, 0.717) is 23.2 Å². The Balaban J connectivity index is 1.62. The maximum absolute atomic E-state index is 13.3. The van der Waals surface area contributed by atoms with Crippen molar-refractivity contribution in [3.63, 3.8) is 0 Å². The molecule has 3 N–H and O–H groups in total. The lowest BCUT2D eigenvalue weighted by molar-refractivity contribution is 0.0497. The Labute approximate surface area is 205 Å². The van der Waals surface area contributed by atoms with Crippen LogP contribution in [-0.4, -0.2) is 62.6 Å². The summed E-state index contributed by atoms with van der Waals surface area (Å²) in [5.74, 6) is 0.283. The maximum Gasteiger partial charge on any atom is 0.280 e. The molecule has 4 rings (SSSR count). The van der Waals surface area contributed by atoms with Crippen molar-refractivity contribution in [1.82, 2.24) is 20.2 Å². The Hall–Kier alpha value is -2.52. The first-order valence-corrected chi connectivity index (χ1v) is 13.0. The van der Waals surface area contributed by atoms with E-state index >= 15 is 0 Å². The smallest absolute Gasteiger partial charge is 0.280 e. The monoisotopic (exact) mass is 485 g/mol. The van der Waals surface area contributed by atoms with E-state index in [1.54, 1.807) is 24.9 Å². The highest BCUT2D eigenvalue weighted by Gasteiger charge is 2.34. The molecule has 0 spiro atoms. The van der Waals surface area contributed by atoms with Gasteiger partial charge in [-0.15, -0.1) is 11.3 Å². The second kappa shape index (κ2) is 10.00. The summed E-state index contributed by atoms with van der Waals surface area (Å²) in [7, 11) is 0. The predicted molar refractivity (Wildman–Crippen MR) is 134 cm³/mol. The maximum atomic E-state index is 13.3. The molecule has 2 aromatic heterocycles. The molecule has 0 aromatic carbocycles. The number of likely N-dealkylation sites (tertiary alicyclic amines) is 1. The molecule has 2 aliphatic rings. The summed E-state index contributed by atoms with van der Waals surface area (Å²) in [5, 5.41) is 16.4. The molecule has 9 heteroatoms. The molecule has 2 amide bonds. The van der Waals surface area contributed by atoms with Gasteiger partial charge in [-0.05, 0) is 58.6 Å². The summed E-state index contributed by atoms with van der Waals surface area (Å²) in [5.41, 5.74) is 1.04. The van der Waals surface area contributed by atoms with Crippen LogP contribution in [0.1, 0.15) is 85.2 Å². The number of aromatic nitrogens is 2. The molecule has 1 saturated carbocycles. The molecule has 0 radical (unpaired) electrons. The Morgan fingerprint density at radius 2 is 1.97 bits per heavy atom. The van der Waals surface area contributed by atoms with Gasteiger partial charge in [-0.25, -0.2) is 9.97 Å². The molecule has 0 bridgehead atoms.